The molecule has 0 spiro atoms. The summed E-state index contributed by atoms with van der Waals surface area (Å²) in [7, 11) is 0. The van der Waals surface area contributed by atoms with Crippen LogP contribution in [0.1, 0.15) is 111 Å². The number of aromatic nitrogens is 3. The van der Waals surface area contributed by atoms with Crippen molar-refractivity contribution in [2.45, 2.75) is 116 Å². The van der Waals surface area contributed by atoms with Crippen LogP contribution in [0.2, 0.25) is 0 Å². The van der Waals surface area contributed by atoms with Crippen molar-refractivity contribution in [1.29, 1.82) is 0 Å². The van der Waals surface area contributed by atoms with Crippen LogP contribution in [0.15, 0.2) is 12.1 Å². The van der Waals surface area contributed by atoms with Crippen LogP contribution >= 0.6 is 11.3 Å². The standard InChI is InChI=1S/C27H41N5OS/c1-17(2)26-30-29-19(4)32(26)23-15-21-10-11-22(16-23)31(21)14-13-24(25-12-9-18(3)34-25)28-27(33)20-7-5-6-8-20/h9,12,17,20-24H,5-8,10-11,13-16H2,1-4H3,(H,28,33)/t21?,22?,23?,24-/m0/s1. The van der Waals surface area contributed by atoms with Crippen molar-refractivity contribution in [1.82, 2.24) is 25.0 Å². The van der Waals surface area contributed by atoms with Crippen molar-refractivity contribution in [3.8, 4) is 0 Å². The minimum atomic E-state index is 0.136. The van der Waals surface area contributed by atoms with Crippen LogP contribution in [0.5, 0.6) is 0 Å². The van der Waals surface area contributed by atoms with E-state index in [-0.39, 0.29) is 17.9 Å². The minimum absolute atomic E-state index is 0.136. The number of hydrogen-bond donors (Lipinski definition) is 1. The lowest BCUT2D eigenvalue weighted by atomic mass is 9.95. The molecular weight excluding hydrogens is 442 g/mol. The number of carbonyl (C=O) groups is 1. The van der Waals surface area contributed by atoms with E-state index in [9.17, 15) is 4.79 Å². The predicted octanol–water partition coefficient (Wildman–Crippen LogP) is 5.69. The number of hydrogen-bond acceptors (Lipinski definition) is 5. The molecule has 4 heterocycles. The van der Waals surface area contributed by atoms with Gasteiger partial charge in [-0.1, -0.05) is 26.7 Å². The lowest BCUT2D eigenvalue weighted by Crippen LogP contribution is -2.45. The number of thiophene rings is 1. The third kappa shape index (κ3) is 4.83. The smallest absolute Gasteiger partial charge is 0.223 e. The van der Waals surface area contributed by atoms with Crippen LogP contribution in [-0.2, 0) is 4.79 Å². The maximum Gasteiger partial charge on any atom is 0.223 e. The van der Waals surface area contributed by atoms with E-state index in [1.807, 2.05) is 11.3 Å². The molecule has 1 N–H and O–H groups in total. The second-order valence-corrected chi connectivity index (χ2v) is 12.5. The number of nitrogens with one attached hydrogen (secondary N) is 1. The first kappa shape index (κ1) is 24.0. The lowest BCUT2D eigenvalue weighted by molar-refractivity contribution is -0.125. The van der Waals surface area contributed by atoms with E-state index < -0.39 is 0 Å². The molecule has 2 aromatic rings. The highest BCUT2D eigenvalue weighted by atomic mass is 32.1. The molecule has 6 nitrogen and oxygen atoms in total. The van der Waals surface area contributed by atoms with E-state index in [0.717, 1.165) is 37.5 Å². The minimum Gasteiger partial charge on any atom is -0.348 e. The van der Waals surface area contributed by atoms with Gasteiger partial charge in [-0.2, -0.15) is 0 Å². The number of rotatable bonds is 8. The molecule has 2 unspecified atom stereocenters. The molecule has 186 valence electrons. The Morgan fingerprint density at radius 1 is 1.06 bits per heavy atom. The molecule has 0 aromatic carbocycles. The number of nitrogens with zero attached hydrogens (tertiary/aromatic N) is 4. The van der Waals surface area contributed by atoms with Crippen LogP contribution in [-0.4, -0.2) is 44.2 Å². The van der Waals surface area contributed by atoms with E-state index in [2.05, 4.69) is 64.8 Å². The number of piperidine rings is 1. The number of amides is 1. The van der Waals surface area contributed by atoms with Crippen molar-refractivity contribution >= 4 is 17.2 Å². The van der Waals surface area contributed by atoms with E-state index in [4.69, 9.17) is 0 Å². The summed E-state index contributed by atoms with van der Waals surface area (Å²) in [5.41, 5.74) is 0. The van der Waals surface area contributed by atoms with Crippen LogP contribution < -0.4 is 5.32 Å². The number of fused-ring (bicyclic) bond motifs is 2. The number of aryl methyl sites for hydroxylation is 2. The molecule has 2 aliphatic heterocycles. The van der Waals surface area contributed by atoms with Gasteiger partial charge in [-0.3, -0.25) is 9.69 Å². The molecule has 3 fully saturated rings. The Morgan fingerprint density at radius 2 is 1.76 bits per heavy atom. The lowest BCUT2D eigenvalue weighted by Gasteiger charge is -2.40. The fraction of sp³-hybridized carbons (Fsp3) is 0.741. The highest BCUT2D eigenvalue weighted by Crippen LogP contribution is 2.42. The van der Waals surface area contributed by atoms with Crippen LogP contribution in [0, 0.1) is 19.8 Å². The van der Waals surface area contributed by atoms with Crippen molar-refractivity contribution in [3.05, 3.63) is 33.5 Å². The third-order valence-corrected chi connectivity index (χ3v) is 9.57. The molecule has 0 radical (unpaired) electrons. The molecule has 3 aliphatic rings. The second kappa shape index (κ2) is 10.1. The largest absolute Gasteiger partial charge is 0.348 e. The quantitative estimate of drug-likeness (QED) is 0.524. The molecule has 7 heteroatoms. The molecule has 2 bridgehead atoms. The average Bonchev–Trinajstić information content (AvgIpc) is 3.59. The highest BCUT2D eigenvalue weighted by Gasteiger charge is 2.42. The first-order valence-corrected chi connectivity index (χ1v) is 14.3. The van der Waals surface area contributed by atoms with E-state index in [0.29, 0.717) is 24.0 Å². The molecule has 5 rings (SSSR count). The van der Waals surface area contributed by atoms with Gasteiger partial charge in [0.05, 0.1) is 6.04 Å². The maximum atomic E-state index is 13.0. The number of carbonyl (C=O) groups excluding carboxylic acids is 1. The monoisotopic (exact) mass is 483 g/mol. The summed E-state index contributed by atoms with van der Waals surface area (Å²) < 4.78 is 2.44. The molecule has 3 atom stereocenters. The molecule has 2 saturated heterocycles. The van der Waals surface area contributed by atoms with Crippen molar-refractivity contribution in [2.24, 2.45) is 5.92 Å². The zero-order valence-electron chi connectivity index (χ0n) is 21.3. The Bertz CT molecular complexity index is 977. The van der Waals surface area contributed by atoms with Gasteiger partial charge in [-0.15, -0.1) is 21.5 Å². The predicted molar refractivity (Wildman–Crippen MR) is 137 cm³/mol. The van der Waals surface area contributed by atoms with Gasteiger partial charge in [0.25, 0.3) is 0 Å². The average molecular weight is 484 g/mol. The molecule has 2 aromatic heterocycles. The van der Waals surface area contributed by atoms with Crippen LogP contribution in [0.25, 0.3) is 0 Å². The van der Waals surface area contributed by atoms with Gasteiger partial charge >= 0.3 is 0 Å². The fourth-order valence-electron chi connectivity index (χ4n) is 6.73. The fourth-order valence-corrected chi connectivity index (χ4v) is 7.70. The van der Waals surface area contributed by atoms with Gasteiger partial charge in [0, 0.05) is 46.3 Å². The Morgan fingerprint density at radius 3 is 2.38 bits per heavy atom. The molecular formula is C27H41N5OS. The van der Waals surface area contributed by atoms with Gasteiger partial charge in [-0.05, 0) is 70.9 Å². The van der Waals surface area contributed by atoms with Crippen LogP contribution in [0.3, 0.4) is 0 Å². The summed E-state index contributed by atoms with van der Waals surface area (Å²) in [5, 5.41) is 12.4. The second-order valence-electron chi connectivity index (χ2n) is 11.2. The zero-order valence-corrected chi connectivity index (χ0v) is 22.1. The summed E-state index contributed by atoms with van der Waals surface area (Å²) in [4.78, 5) is 18.4. The van der Waals surface area contributed by atoms with Gasteiger partial charge in [-0.25, -0.2) is 0 Å². The van der Waals surface area contributed by atoms with Crippen molar-refractivity contribution in [3.63, 3.8) is 0 Å². The first-order chi connectivity index (χ1) is 16.4. The van der Waals surface area contributed by atoms with Gasteiger partial charge in [0.1, 0.15) is 11.6 Å². The van der Waals surface area contributed by atoms with Crippen molar-refractivity contribution in [2.75, 3.05) is 6.54 Å². The molecule has 1 saturated carbocycles. The zero-order chi connectivity index (χ0) is 23.8. The SMILES string of the molecule is Cc1ccc([C@H](CCN2C3CCC2CC(n2c(C)nnc2C(C)C)C3)NC(=O)C2CCCC2)s1. The third-order valence-electron chi connectivity index (χ3n) is 8.46. The normalized spacial score (nSPS) is 26.4. The summed E-state index contributed by atoms with van der Waals surface area (Å²) in [6.45, 7) is 9.76. The Balaban J connectivity index is 1.26. The highest BCUT2D eigenvalue weighted by molar-refractivity contribution is 7.12. The molecule has 1 amide bonds. The summed E-state index contributed by atoms with van der Waals surface area (Å²) in [6, 6.07) is 6.32. The van der Waals surface area contributed by atoms with E-state index >= 15 is 0 Å². The van der Waals surface area contributed by atoms with Crippen LogP contribution in [0.4, 0.5) is 0 Å². The first-order valence-electron chi connectivity index (χ1n) is 13.4. The Hall–Kier alpha value is -1.73. The Labute approximate surface area is 208 Å². The van der Waals surface area contributed by atoms with Gasteiger partial charge in [0.2, 0.25) is 5.91 Å². The topological polar surface area (TPSA) is 63.1 Å². The summed E-state index contributed by atoms with van der Waals surface area (Å²) in [5.74, 6) is 3.09. The van der Waals surface area contributed by atoms with E-state index in [1.54, 1.807) is 0 Å². The summed E-state index contributed by atoms with van der Waals surface area (Å²) >= 11 is 1.84. The van der Waals surface area contributed by atoms with E-state index in [1.165, 1.54) is 48.3 Å². The van der Waals surface area contributed by atoms with Crippen molar-refractivity contribution < 1.29 is 4.79 Å². The molecule has 34 heavy (non-hydrogen) atoms. The molecule has 1 aliphatic carbocycles. The Kier molecular flexibility index (Phi) is 7.12. The maximum absolute atomic E-state index is 13.0. The van der Waals surface area contributed by atoms with Gasteiger partial charge < -0.3 is 9.88 Å². The van der Waals surface area contributed by atoms with Gasteiger partial charge in [0.15, 0.2) is 0 Å². The summed E-state index contributed by atoms with van der Waals surface area (Å²) in [6.07, 6.45) is 10.5.